The van der Waals surface area contributed by atoms with Crippen molar-refractivity contribution in [3.8, 4) is 0 Å². The molecular weight excluding hydrogens is 324 g/mol. The number of aliphatic imine (C=N–C) groups is 1. The summed E-state index contributed by atoms with van der Waals surface area (Å²) in [5.74, 6) is 0.921. The van der Waals surface area contributed by atoms with E-state index in [-0.39, 0.29) is 12.2 Å². The number of ketones is 1. The van der Waals surface area contributed by atoms with Crippen LogP contribution in [0.25, 0.3) is 0 Å². The average molecular weight is 352 g/mol. The molecule has 0 aromatic carbocycles. The number of aromatic nitrogens is 1. The number of nitrogens with two attached hydrogens (primary N) is 1. The van der Waals surface area contributed by atoms with Crippen LogP contribution in [0, 0.1) is 0 Å². The topological polar surface area (TPSA) is 111 Å². The van der Waals surface area contributed by atoms with Crippen LogP contribution in [-0.4, -0.2) is 62.8 Å². The second-order valence-corrected chi connectivity index (χ2v) is 5.75. The highest BCUT2D eigenvalue weighted by Crippen LogP contribution is 2.27. The molecule has 1 aromatic rings. The number of rotatable bonds is 13. The van der Waals surface area contributed by atoms with Crippen LogP contribution >= 0.6 is 0 Å². The zero-order chi connectivity index (χ0) is 17.9. The van der Waals surface area contributed by atoms with E-state index in [1.54, 1.807) is 6.20 Å². The first kappa shape index (κ1) is 19.6. The molecule has 0 spiro atoms. The van der Waals surface area contributed by atoms with Crippen LogP contribution < -0.4 is 11.1 Å². The number of Topliss-reactive ketones (excluding diaryl/α,β-unsaturated/α-hetero) is 1. The van der Waals surface area contributed by atoms with Crippen LogP contribution in [0.1, 0.15) is 35.7 Å². The molecule has 8 nitrogen and oxygen atoms in total. The molecule has 140 valence electrons. The molecule has 0 saturated carbocycles. The van der Waals surface area contributed by atoms with Gasteiger partial charge >= 0.3 is 0 Å². The van der Waals surface area contributed by atoms with Crippen LogP contribution in [0.5, 0.6) is 0 Å². The Balaban J connectivity index is 1.51. The number of nitrogens with zero attached hydrogens (tertiary/aromatic N) is 1. The van der Waals surface area contributed by atoms with E-state index in [9.17, 15) is 4.79 Å². The molecule has 2 heterocycles. The van der Waals surface area contributed by atoms with Crippen molar-refractivity contribution in [3.05, 3.63) is 17.3 Å². The highest BCUT2D eigenvalue weighted by Gasteiger charge is 2.23. The van der Waals surface area contributed by atoms with Gasteiger partial charge in [-0.15, -0.1) is 0 Å². The van der Waals surface area contributed by atoms with Crippen molar-refractivity contribution in [2.45, 2.75) is 26.3 Å². The van der Waals surface area contributed by atoms with Crippen LogP contribution in [0.15, 0.2) is 11.2 Å². The number of ether oxygens (including phenoxy) is 3. The van der Waals surface area contributed by atoms with Crippen molar-refractivity contribution in [1.29, 1.82) is 0 Å². The number of H-pyrrole nitrogens is 1. The first-order valence-corrected chi connectivity index (χ1v) is 8.72. The fourth-order valence-electron chi connectivity index (χ4n) is 2.48. The second kappa shape index (κ2) is 11.0. The molecule has 0 amide bonds. The predicted octanol–water partition coefficient (Wildman–Crippen LogP) is 1.14. The minimum absolute atomic E-state index is 0.0110. The molecule has 8 heteroatoms. The monoisotopic (exact) mass is 352 g/mol. The normalized spacial score (nSPS) is 13.8. The minimum Gasteiger partial charge on any atom is -0.387 e. The summed E-state index contributed by atoms with van der Waals surface area (Å²) in [6, 6.07) is 0. The van der Waals surface area contributed by atoms with E-state index in [1.807, 2.05) is 0 Å². The van der Waals surface area contributed by atoms with Gasteiger partial charge in [0.25, 0.3) is 0 Å². The van der Waals surface area contributed by atoms with Gasteiger partial charge in [-0.05, 0) is 12.0 Å². The van der Waals surface area contributed by atoms with Crippen LogP contribution in [0.4, 0.5) is 5.82 Å². The van der Waals surface area contributed by atoms with E-state index >= 15 is 0 Å². The molecule has 0 saturated heterocycles. The lowest BCUT2D eigenvalue weighted by molar-refractivity contribution is 0.0152. The van der Waals surface area contributed by atoms with E-state index in [0.29, 0.717) is 63.3 Å². The molecule has 0 fully saturated rings. The minimum atomic E-state index is 0.0110. The number of carbonyl (C=O) groups is 1. The summed E-state index contributed by atoms with van der Waals surface area (Å²) in [5, 5.41) is 3.26. The molecule has 0 radical (unpaired) electrons. The summed E-state index contributed by atoms with van der Waals surface area (Å²) in [7, 11) is 0. The molecule has 2 rings (SSSR count). The van der Waals surface area contributed by atoms with E-state index < -0.39 is 0 Å². The summed E-state index contributed by atoms with van der Waals surface area (Å²) in [6.45, 7) is 7.07. The summed E-state index contributed by atoms with van der Waals surface area (Å²) >= 11 is 0. The van der Waals surface area contributed by atoms with Crippen molar-refractivity contribution in [1.82, 2.24) is 10.3 Å². The highest BCUT2D eigenvalue weighted by atomic mass is 16.5. The van der Waals surface area contributed by atoms with E-state index in [2.05, 4.69) is 22.2 Å². The van der Waals surface area contributed by atoms with Gasteiger partial charge < -0.3 is 30.2 Å². The number of nitrogens with one attached hydrogen (secondary N) is 2. The second-order valence-electron chi connectivity index (χ2n) is 5.75. The van der Waals surface area contributed by atoms with Crippen molar-refractivity contribution in [2.75, 3.05) is 46.2 Å². The van der Waals surface area contributed by atoms with Gasteiger partial charge in [0.2, 0.25) is 0 Å². The Morgan fingerprint density at radius 2 is 1.84 bits per heavy atom. The third-order valence-electron chi connectivity index (χ3n) is 3.65. The maximum absolute atomic E-state index is 12.0. The predicted molar refractivity (Wildman–Crippen MR) is 95.5 cm³/mol. The Bertz CT molecular complexity index is 571. The molecule has 0 atom stereocenters. The fraction of sp³-hybridized carbons (Fsp3) is 0.647. The number of hydrogen-bond acceptors (Lipinski definition) is 7. The summed E-state index contributed by atoms with van der Waals surface area (Å²) < 4.78 is 16.2. The molecular formula is C17H28N4O4. The lowest BCUT2D eigenvalue weighted by Gasteiger charge is -2.10. The third-order valence-corrected chi connectivity index (χ3v) is 3.65. The third kappa shape index (κ3) is 6.58. The van der Waals surface area contributed by atoms with Crippen LogP contribution in [0.2, 0.25) is 0 Å². The maximum atomic E-state index is 12.0. The zero-order valence-corrected chi connectivity index (χ0v) is 14.8. The van der Waals surface area contributed by atoms with Gasteiger partial charge in [-0.3, -0.25) is 4.79 Å². The summed E-state index contributed by atoms with van der Waals surface area (Å²) in [6.07, 6.45) is 3.01. The van der Waals surface area contributed by atoms with Gasteiger partial charge in [0.05, 0.1) is 45.0 Å². The Morgan fingerprint density at radius 1 is 1.16 bits per heavy atom. The van der Waals surface area contributed by atoms with E-state index in [4.69, 9.17) is 19.9 Å². The van der Waals surface area contributed by atoms with Gasteiger partial charge in [0.1, 0.15) is 11.7 Å². The average Bonchev–Trinajstić information content (AvgIpc) is 2.99. The molecule has 1 aliphatic heterocycles. The number of hydrogen-bond donors (Lipinski definition) is 3. The number of fused-ring (bicyclic) bond motifs is 1. The molecule has 4 N–H and O–H groups in total. The summed E-state index contributed by atoms with van der Waals surface area (Å²) in [5.41, 5.74) is 7.18. The number of amidine groups is 1. The lowest BCUT2D eigenvalue weighted by Crippen LogP contribution is -2.23. The lowest BCUT2D eigenvalue weighted by atomic mass is 10.0. The molecule has 25 heavy (non-hydrogen) atoms. The quantitative estimate of drug-likeness (QED) is 0.459. The van der Waals surface area contributed by atoms with Crippen LogP contribution in [-0.2, 0) is 20.8 Å². The fourth-order valence-corrected chi connectivity index (χ4v) is 2.48. The molecule has 1 aromatic heterocycles. The SMILES string of the molecule is CCCOCCOCCOCCNCc1c[nH]c2c1C(=O)CC(N)=N2. The number of aromatic amines is 1. The highest BCUT2D eigenvalue weighted by molar-refractivity contribution is 6.15. The van der Waals surface area contributed by atoms with Gasteiger partial charge in [-0.1, -0.05) is 6.92 Å². The maximum Gasteiger partial charge on any atom is 0.174 e. The molecule has 0 bridgehead atoms. The largest absolute Gasteiger partial charge is 0.387 e. The number of carbonyl (C=O) groups excluding carboxylic acids is 1. The first-order chi connectivity index (χ1) is 12.2. The van der Waals surface area contributed by atoms with Gasteiger partial charge in [0.15, 0.2) is 5.78 Å². The van der Waals surface area contributed by atoms with Crippen molar-refractivity contribution >= 4 is 17.4 Å². The van der Waals surface area contributed by atoms with Crippen molar-refractivity contribution in [2.24, 2.45) is 10.7 Å². The molecule has 1 aliphatic rings. The zero-order valence-electron chi connectivity index (χ0n) is 14.8. The van der Waals surface area contributed by atoms with Gasteiger partial charge in [-0.2, -0.15) is 0 Å². The standard InChI is InChI=1S/C17H28N4O4/c1-2-4-23-6-8-25-9-7-24-5-3-19-11-13-12-20-17-16(13)14(22)10-15(18)21-17/h12,19-20H,2-11H2,1H3,(H2,18,21). The smallest absolute Gasteiger partial charge is 0.174 e. The van der Waals surface area contributed by atoms with Gasteiger partial charge in [-0.25, -0.2) is 4.99 Å². The van der Waals surface area contributed by atoms with E-state index in [1.165, 1.54) is 0 Å². The Hall–Kier alpha value is -1.74. The molecule has 0 aliphatic carbocycles. The Labute approximate surface area is 148 Å². The van der Waals surface area contributed by atoms with Crippen molar-refractivity contribution < 1.29 is 19.0 Å². The van der Waals surface area contributed by atoms with Gasteiger partial charge in [0, 0.05) is 25.9 Å². The van der Waals surface area contributed by atoms with E-state index in [0.717, 1.165) is 18.6 Å². The summed E-state index contributed by atoms with van der Waals surface area (Å²) in [4.78, 5) is 19.2. The Kier molecular flexibility index (Phi) is 8.61. The first-order valence-electron chi connectivity index (χ1n) is 8.72. The Morgan fingerprint density at radius 3 is 2.56 bits per heavy atom. The molecule has 0 unspecified atom stereocenters. The van der Waals surface area contributed by atoms with Crippen molar-refractivity contribution in [3.63, 3.8) is 0 Å². The van der Waals surface area contributed by atoms with Crippen LogP contribution in [0.3, 0.4) is 0 Å².